The molecule has 3 heteroatoms. The fraction of sp³-hybridized carbons (Fsp3) is 0.143. The molecule has 0 aliphatic heterocycles. The zero-order valence-corrected chi connectivity index (χ0v) is 11.1. The molecule has 2 nitrogen and oxygen atoms in total. The quantitative estimate of drug-likeness (QED) is 0.882. The summed E-state index contributed by atoms with van der Waals surface area (Å²) in [5.74, 6) is 0.297. The number of halogens is 1. The van der Waals surface area contributed by atoms with E-state index in [1.807, 2.05) is 36.4 Å². The average Bonchev–Trinajstić information content (AvgIpc) is 2.29. The van der Waals surface area contributed by atoms with Crippen molar-refractivity contribution < 1.29 is 5.11 Å². The van der Waals surface area contributed by atoms with Gasteiger partial charge < -0.3 is 10.4 Å². The second-order valence-corrected chi connectivity index (χ2v) is 4.89. The molecule has 2 aromatic carbocycles. The fourth-order valence-electron chi connectivity index (χ4n) is 1.71. The lowest BCUT2D eigenvalue weighted by Crippen LogP contribution is -2.06. The first-order chi connectivity index (χ1) is 8.15. The summed E-state index contributed by atoms with van der Waals surface area (Å²) in [6, 6.07) is 15.5. The Hall–Kier alpha value is -1.48. The number of anilines is 1. The van der Waals surface area contributed by atoms with Crippen molar-refractivity contribution in [1.82, 2.24) is 0 Å². The number of phenols is 1. The van der Waals surface area contributed by atoms with Crippen molar-refractivity contribution in [2.45, 2.75) is 13.0 Å². The van der Waals surface area contributed by atoms with Gasteiger partial charge in [-0.2, -0.15) is 0 Å². The standard InChI is InChI=1S/C14H14BrNO/c1-10(11-4-2-7-14(17)8-11)16-13-6-3-5-12(15)9-13/h2-10,16-17H,1H3. The SMILES string of the molecule is CC(Nc1cccc(Br)c1)c1cccc(O)c1. The van der Waals surface area contributed by atoms with E-state index in [1.165, 1.54) is 0 Å². The molecule has 0 saturated heterocycles. The van der Waals surface area contributed by atoms with Crippen LogP contribution in [0.4, 0.5) is 5.69 Å². The van der Waals surface area contributed by atoms with Crippen molar-refractivity contribution in [3.63, 3.8) is 0 Å². The van der Waals surface area contributed by atoms with Crippen LogP contribution in [0.1, 0.15) is 18.5 Å². The third-order valence-corrected chi connectivity index (χ3v) is 3.07. The number of rotatable bonds is 3. The zero-order chi connectivity index (χ0) is 12.3. The summed E-state index contributed by atoms with van der Waals surface area (Å²) in [5.41, 5.74) is 2.11. The van der Waals surface area contributed by atoms with Gasteiger partial charge in [0.15, 0.2) is 0 Å². The molecule has 0 aliphatic rings. The molecular formula is C14H14BrNO. The molecule has 0 amide bonds. The minimum atomic E-state index is 0.149. The second-order valence-electron chi connectivity index (χ2n) is 3.97. The highest BCUT2D eigenvalue weighted by Gasteiger charge is 2.05. The Morgan fingerprint density at radius 3 is 2.59 bits per heavy atom. The maximum atomic E-state index is 9.44. The predicted molar refractivity (Wildman–Crippen MR) is 74.3 cm³/mol. The third-order valence-electron chi connectivity index (χ3n) is 2.58. The van der Waals surface area contributed by atoms with Crippen LogP contribution in [0.3, 0.4) is 0 Å². The summed E-state index contributed by atoms with van der Waals surface area (Å²) in [4.78, 5) is 0. The zero-order valence-electron chi connectivity index (χ0n) is 9.52. The van der Waals surface area contributed by atoms with Gasteiger partial charge in [-0.15, -0.1) is 0 Å². The van der Waals surface area contributed by atoms with Gasteiger partial charge >= 0.3 is 0 Å². The number of aromatic hydroxyl groups is 1. The molecular weight excluding hydrogens is 278 g/mol. The fourth-order valence-corrected chi connectivity index (χ4v) is 2.10. The van der Waals surface area contributed by atoms with E-state index in [9.17, 15) is 5.11 Å². The van der Waals surface area contributed by atoms with E-state index in [1.54, 1.807) is 12.1 Å². The van der Waals surface area contributed by atoms with E-state index in [4.69, 9.17) is 0 Å². The van der Waals surface area contributed by atoms with Gasteiger partial charge in [0.05, 0.1) is 0 Å². The first-order valence-electron chi connectivity index (χ1n) is 5.46. The van der Waals surface area contributed by atoms with Crippen molar-refractivity contribution in [2.24, 2.45) is 0 Å². The van der Waals surface area contributed by atoms with Crippen molar-refractivity contribution in [2.75, 3.05) is 5.32 Å². The Bertz CT molecular complexity index is 513. The van der Waals surface area contributed by atoms with Crippen LogP contribution in [0, 0.1) is 0 Å². The smallest absolute Gasteiger partial charge is 0.115 e. The predicted octanol–water partition coefficient (Wildman–Crippen LogP) is 4.33. The highest BCUT2D eigenvalue weighted by atomic mass is 79.9. The number of benzene rings is 2. The van der Waals surface area contributed by atoms with Crippen molar-refractivity contribution >= 4 is 21.6 Å². The first-order valence-corrected chi connectivity index (χ1v) is 6.25. The highest BCUT2D eigenvalue weighted by Crippen LogP contribution is 2.23. The highest BCUT2D eigenvalue weighted by molar-refractivity contribution is 9.10. The molecule has 88 valence electrons. The molecule has 0 spiro atoms. The Balaban J connectivity index is 2.14. The Morgan fingerprint density at radius 1 is 1.12 bits per heavy atom. The molecule has 0 aliphatic carbocycles. The molecule has 0 aromatic heterocycles. The minimum Gasteiger partial charge on any atom is -0.508 e. The number of hydrogen-bond acceptors (Lipinski definition) is 2. The largest absolute Gasteiger partial charge is 0.508 e. The monoisotopic (exact) mass is 291 g/mol. The molecule has 17 heavy (non-hydrogen) atoms. The van der Waals surface area contributed by atoms with Crippen LogP contribution in [0.2, 0.25) is 0 Å². The van der Waals surface area contributed by atoms with Crippen LogP contribution in [0.15, 0.2) is 53.0 Å². The van der Waals surface area contributed by atoms with Crippen LogP contribution in [-0.4, -0.2) is 5.11 Å². The van der Waals surface area contributed by atoms with Crippen LogP contribution in [0.5, 0.6) is 5.75 Å². The molecule has 0 bridgehead atoms. The summed E-state index contributed by atoms with van der Waals surface area (Å²) in [7, 11) is 0. The number of phenolic OH excluding ortho intramolecular Hbond substituents is 1. The average molecular weight is 292 g/mol. The molecule has 0 heterocycles. The summed E-state index contributed by atoms with van der Waals surface area (Å²) < 4.78 is 1.05. The lowest BCUT2D eigenvalue weighted by molar-refractivity contribution is 0.474. The van der Waals surface area contributed by atoms with Gasteiger partial charge in [0.25, 0.3) is 0 Å². The number of hydrogen-bond donors (Lipinski definition) is 2. The third kappa shape index (κ3) is 3.24. The van der Waals surface area contributed by atoms with Gasteiger partial charge in [-0.25, -0.2) is 0 Å². The minimum absolute atomic E-state index is 0.149. The van der Waals surface area contributed by atoms with Crippen LogP contribution < -0.4 is 5.32 Å². The molecule has 1 unspecified atom stereocenters. The van der Waals surface area contributed by atoms with E-state index < -0.39 is 0 Å². The van der Waals surface area contributed by atoms with Crippen LogP contribution in [-0.2, 0) is 0 Å². The maximum Gasteiger partial charge on any atom is 0.115 e. The molecule has 2 aromatic rings. The van der Waals surface area contributed by atoms with E-state index >= 15 is 0 Å². The molecule has 0 radical (unpaired) electrons. The van der Waals surface area contributed by atoms with E-state index in [0.717, 1.165) is 15.7 Å². The molecule has 2 rings (SSSR count). The van der Waals surface area contributed by atoms with Crippen molar-refractivity contribution in [1.29, 1.82) is 0 Å². The summed E-state index contributed by atoms with van der Waals surface area (Å²) in [5, 5.41) is 12.8. The lowest BCUT2D eigenvalue weighted by Gasteiger charge is -2.16. The summed E-state index contributed by atoms with van der Waals surface area (Å²) in [6.45, 7) is 2.07. The van der Waals surface area contributed by atoms with E-state index in [2.05, 4.69) is 28.2 Å². The van der Waals surface area contributed by atoms with Gasteiger partial charge in [-0.1, -0.05) is 34.1 Å². The number of nitrogens with one attached hydrogen (secondary N) is 1. The van der Waals surface area contributed by atoms with Gasteiger partial charge in [0.2, 0.25) is 0 Å². The van der Waals surface area contributed by atoms with E-state index in [-0.39, 0.29) is 6.04 Å². The van der Waals surface area contributed by atoms with Gasteiger partial charge in [-0.05, 0) is 42.8 Å². The van der Waals surface area contributed by atoms with Crippen LogP contribution in [0.25, 0.3) is 0 Å². The van der Waals surface area contributed by atoms with E-state index in [0.29, 0.717) is 5.75 Å². The van der Waals surface area contributed by atoms with Gasteiger partial charge in [0, 0.05) is 16.2 Å². The Morgan fingerprint density at radius 2 is 1.88 bits per heavy atom. The Kier molecular flexibility index (Phi) is 3.69. The van der Waals surface area contributed by atoms with Crippen molar-refractivity contribution in [3.8, 4) is 5.75 Å². The first kappa shape index (κ1) is 12.0. The van der Waals surface area contributed by atoms with Crippen molar-refractivity contribution in [3.05, 3.63) is 58.6 Å². The summed E-state index contributed by atoms with van der Waals surface area (Å²) in [6.07, 6.45) is 0. The topological polar surface area (TPSA) is 32.3 Å². The maximum absolute atomic E-state index is 9.44. The van der Waals surface area contributed by atoms with Crippen LogP contribution >= 0.6 is 15.9 Å². The normalized spacial score (nSPS) is 12.1. The van der Waals surface area contributed by atoms with Gasteiger partial charge in [0.1, 0.15) is 5.75 Å². The molecule has 2 N–H and O–H groups in total. The lowest BCUT2D eigenvalue weighted by atomic mass is 10.1. The van der Waals surface area contributed by atoms with Gasteiger partial charge in [-0.3, -0.25) is 0 Å². The molecule has 1 atom stereocenters. The summed E-state index contributed by atoms with van der Waals surface area (Å²) >= 11 is 3.44. The molecule has 0 saturated carbocycles. The second kappa shape index (κ2) is 5.23. The Labute approximate surface area is 109 Å². The molecule has 0 fully saturated rings.